The lowest BCUT2D eigenvalue weighted by molar-refractivity contribution is -0.384. The number of anilines is 1. The molecule has 0 aliphatic carbocycles. The molecule has 1 aromatic rings. The number of non-ortho nitro benzene ring substituents is 1. The lowest BCUT2D eigenvalue weighted by Crippen LogP contribution is -2.49. The summed E-state index contributed by atoms with van der Waals surface area (Å²) in [4.78, 5) is 21.8. The van der Waals surface area contributed by atoms with E-state index in [1.54, 1.807) is 6.07 Å². The number of benzene rings is 1. The van der Waals surface area contributed by atoms with Crippen LogP contribution in [0.25, 0.3) is 0 Å². The smallest absolute Gasteiger partial charge is 0.271 e. The highest BCUT2D eigenvalue weighted by Crippen LogP contribution is 2.31. The number of nitrogens with one attached hydrogen (secondary N) is 2. The summed E-state index contributed by atoms with van der Waals surface area (Å²) in [6.45, 7) is 1.85. The minimum Gasteiger partial charge on any atom is -0.362 e. The molecule has 0 unspecified atom stereocenters. The lowest BCUT2D eigenvalue weighted by Gasteiger charge is -2.27. The van der Waals surface area contributed by atoms with Gasteiger partial charge >= 0.3 is 0 Å². The third kappa shape index (κ3) is 5.95. The summed E-state index contributed by atoms with van der Waals surface area (Å²) in [5, 5.41) is 16.0. The van der Waals surface area contributed by atoms with Crippen LogP contribution >= 0.6 is 34.8 Å². The predicted octanol–water partition coefficient (Wildman–Crippen LogP) is 3.62. The fourth-order valence-electron chi connectivity index (χ4n) is 1.54. The van der Waals surface area contributed by atoms with Crippen molar-refractivity contribution in [3.63, 3.8) is 0 Å². The number of alkyl halides is 3. The van der Waals surface area contributed by atoms with Crippen LogP contribution in [-0.4, -0.2) is 20.8 Å². The van der Waals surface area contributed by atoms with Gasteiger partial charge in [-0.1, -0.05) is 47.8 Å². The van der Waals surface area contributed by atoms with Crippen LogP contribution in [0.3, 0.4) is 0 Å². The van der Waals surface area contributed by atoms with Crippen LogP contribution in [0.4, 0.5) is 11.4 Å². The number of carbonyl (C=O) groups is 1. The Labute approximate surface area is 136 Å². The molecule has 0 aliphatic rings. The highest BCUT2D eigenvalue weighted by molar-refractivity contribution is 6.68. The van der Waals surface area contributed by atoms with E-state index < -0.39 is 14.9 Å². The maximum absolute atomic E-state index is 11.6. The monoisotopic (exact) mass is 353 g/mol. The first kappa shape index (κ1) is 17.8. The standard InChI is InChI=1S/C12H14Cl3N3O3/c1-2-4-10(19)17-11(12(13,14)15)16-8-5-3-6-9(7-8)18(20)21/h3,5-7,11,16H,2,4H2,1H3,(H,17,19)/t11-/m1/s1. The van der Waals surface area contributed by atoms with Crippen molar-refractivity contribution in [1.29, 1.82) is 0 Å². The van der Waals surface area contributed by atoms with Crippen LogP contribution < -0.4 is 10.6 Å². The Hall–Kier alpha value is -1.24. The molecule has 1 rings (SSSR count). The van der Waals surface area contributed by atoms with Crippen LogP contribution in [0.2, 0.25) is 0 Å². The second kappa shape index (κ2) is 7.68. The summed E-state index contributed by atoms with van der Waals surface area (Å²) in [5.41, 5.74) is 0.250. The second-order valence-electron chi connectivity index (χ2n) is 4.24. The van der Waals surface area contributed by atoms with Crippen molar-refractivity contribution in [3.8, 4) is 0 Å². The molecule has 0 saturated carbocycles. The van der Waals surface area contributed by atoms with Gasteiger partial charge in [0.25, 0.3) is 5.69 Å². The van der Waals surface area contributed by atoms with Crippen molar-refractivity contribution < 1.29 is 9.72 Å². The number of nitrogens with zero attached hydrogens (tertiary/aromatic N) is 1. The van der Waals surface area contributed by atoms with Crippen LogP contribution in [-0.2, 0) is 4.79 Å². The van der Waals surface area contributed by atoms with Crippen molar-refractivity contribution >= 4 is 52.1 Å². The van der Waals surface area contributed by atoms with Crippen LogP contribution in [0.15, 0.2) is 24.3 Å². The highest BCUT2D eigenvalue weighted by Gasteiger charge is 2.34. The zero-order valence-corrected chi connectivity index (χ0v) is 13.4. The molecule has 0 bridgehead atoms. The van der Waals surface area contributed by atoms with Gasteiger partial charge in [0, 0.05) is 24.2 Å². The molecule has 0 aromatic heterocycles. The maximum atomic E-state index is 11.6. The number of hydrogen-bond donors (Lipinski definition) is 2. The molecule has 0 saturated heterocycles. The fraction of sp³-hybridized carbons (Fsp3) is 0.417. The topological polar surface area (TPSA) is 84.3 Å². The first-order valence-electron chi connectivity index (χ1n) is 6.11. The molecule has 21 heavy (non-hydrogen) atoms. The van der Waals surface area contributed by atoms with E-state index in [4.69, 9.17) is 34.8 Å². The molecule has 0 aliphatic heterocycles. The van der Waals surface area contributed by atoms with Crippen LogP contribution in [0, 0.1) is 10.1 Å². The molecule has 0 radical (unpaired) electrons. The van der Waals surface area contributed by atoms with Gasteiger partial charge < -0.3 is 10.6 Å². The SMILES string of the molecule is CCCC(=O)N[C@@H](Nc1cccc([N+](=O)[O-])c1)C(Cl)(Cl)Cl. The van der Waals surface area contributed by atoms with E-state index in [9.17, 15) is 14.9 Å². The normalized spacial score (nSPS) is 12.6. The highest BCUT2D eigenvalue weighted by atomic mass is 35.6. The molecular formula is C12H14Cl3N3O3. The van der Waals surface area contributed by atoms with Gasteiger partial charge in [0.05, 0.1) is 4.92 Å². The number of carbonyl (C=O) groups excluding carboxylic acids is 1. The van der Waals surface area contributed by atoms with E-state index in [-0.39, 0.29) is 18.0 Å². The Morgan fingerprint density at radius 2 is 2.10 bits per heavy atom. The minimum absolute atomic E-state index is 0.108. The molecule has 2 N–H and O–H groups in total. The van der Waals surface area contributed by atoms with Gasteiger partial charge in [-0.15, -0.1) is 0 Å². The van der Waals surface area contributed by atoms with Crippen molar-refractivity contribution in [2.75, 3.05) is 5.32 Å². The van der Waals surface area contributed by atoms with Crippen molar-refractivity contribution in [3.05, 3.63) is 34.4 Å². The Morgan fingerprint density at radius 1 is 1.43 bits per heavy atom. The molecule has 1 amide bonds. The summed E-state index contributed by atoms with van der Waals surface area (Å²) in [6.07, 6.45) is -0.0770. The number of rotatable bonds is 6. The van der Waals surface area contributed by atoms with Gasteiger partial charge in [0.2, 0.25) is 9.70 Å². The number of nitro groups is 1. The summed E-state index contributed by atoms with van der Waals surface area (Å²) in [7, 11) is 0. The summed E-state index contributed by atoms with van der Waals surface area (Å²) in [6, 6.07) is 5.69. The van der Waals surface area contributed by atoms with E-state index in [2.05, 4.69) is 10.6 Å². The Kier molecular flexibility index (Phi) is 6.51. The zero-order valence-electron chi connectivity index (χ0n) is 11.1. The molecule has 9 heteroatoms. The Morgan fingerprint density at radius 3 is 2.62 bits per heavy atom. The third-order valence-electron chi connectivity index (χ3n) is 2.48. The number of amides is 1. The van der Waals surface area contributed by atoms with Gasteiger partial charge in [0.15, 0.2) is 0 Å². The second-order valence-corrected chi connectivity index (χ2v) is 6.61. The number of hydrogen-bond acceptors (Lipinski definition) is 4. The minimum atomic E-state index is -1.81. The van der Waals surface area contributed by atoms with Gasteiger partial charge in [-0.05, 0) is 12.5 Å². The molecule has 116 valence electrons. The largest absolute Gasteiger partial charge is 0.362 e. The Balaban J connectivity index is 2.89. The van der Waals surface area contributed by atoms with E-state index in [1.165, 1.54) is 18.2 Å². The van der Waals surface area contributed by atoms with Crippen LogP contribution in [0.5, 0.6) is 0 Å². The zero-order chi connectivity index (χ0) is 16.0. The first-order valence-corrected chi connectivity index (χ1v) is 7.24. The molecular weight excluding hydrogens is 341 g/mol. The van der Waals surface area contributed by atoms with Crippen molar-refractivity contribution in [2.24, 2.45) is 0 Å². The molecule has 1 atom stereocenters. The maximum Gasteiger partial charge on any atom is 0.271 e. The third-order valence-corrected chi connectivity index (χ3v) is 3.13. The van der Waals surface area contributed by atoms with Crippen molar-refractivity contribution in [2.45, 2.75) is 29.7 Å². The summed E-state index contributed by atoms with van der Waals surface area (Å²) < 4.78 is -1.81. The van der Waals surface area contributed by atoms with E-state index in [0.29, 0.717) is 12.1 Å². The Bertz CT molecular complexity index is 520. The van der Waals surface area contributed by atoms with E-state index in [1.807, 2.05) is 6.92 Å². The predicted molar refractivity (Wildman–Crippen MR) is 83.8 cm³/mol. The van der Waals surface area contributed by atoms with Gasteiger partial charge in [-0.2, -0.15) is 0 Å². The molecule has 0 spiro atoms. The van der Waals surface area contributed by atoms with Gasteiger partial charge in [-0.25, -0.2) is 0 Å². The van der Waals surface area contributed by atoms with Gasteiger partial charge in [-0.3, -0.25) is 14.9 Å². The van der Waals surface area contributed by atoms with E-state index in [0.717, 1.165) is 0 Å². The lowest BCUT2D eigenvalue weighted by atomic mass is 10.2. The fourth-order valence-corrected chi connectivity index (χ4v) is 1.86. The van der Waals surface area contributed by atoms with Crippen molar-refractivity contribution in [1.82, 2.24) is 5.32 Å². The average molecular weight is 355 g/mol. The first-order chi connectivity index (χ1) is 9.74. The van der Waals surface area contributed by atoms with Gasteiger partial charge in [0.1, 0.15) is 6.17 Å². The summed E-state index contributed by atoms with van der Waals surface area (Å²) >= 11 is 17.4. The average Bonchev–Trinajstić information content (AvgIpc) is 2.37. The number of nitro benzene ring substituents is 1. The van der Waals surface area contributed by atoms with E-state index >= 15 is 0 Å². The molecule has 1 aromatic carbocycles. The molecule has 6 nitrogen and oxygen atoms in total. The summed E-state index contributed by atoms with van der Waals surface area (Å²) in [5.74, 6) is -0.285. The number of halogens is 3. The quantitative estimate of drug-likeness (QED) is 0.354. The molecule has 0 heterocycles. The van der Waals surface area contributed by atoms with Crippen LogP contribution in [0.1, 0.15) is 19.8 Å². The molecule has 0 fully saturated rings.